The maximum atomic E-state index is 3.76. The Labute approximate surface area is 278 Å². The Balaban J connectivity index is 1.29. The summed E-state index contributed by atoms with van der Waals surface area (Å²) >= 11 is 0. The number of aromatic amines is 1. The van der Waals surface area contributed by atoms with Crippen LogP contribution in [0.3, 0.4) is 0 Å². The highest BCUT2D eigenvalue weighted by molar-refractivity contribution is 6.12. The number of hydrogen-bond acceptors (Lipinski definition) is 1. The average molecular weight is 611 g/mol. The predicted octanol–water partition coefficient (Wildman–Crippen LogP) is 13.1. The molecule has 1 aliphatic rings. The van der Waals surface area contributed by atoms with Crippen molar-refractivity contribution >= 4 is 38.9 Å². The van der Waals surface area contributed by atoms with Crippen LogP contribution in [0, 0.1) is 0 Å². The van der Waals surface area contributed by atoms with Gasteiger partial charge in [-0.1, -0.05) is 131 Å². The maximum Gasteiger partial charge on any atom is 0.0544 e. The van der Waals surface area contributed by atoms with Crippen LogP contribution in [-0.2, 0) is 5.41 Å². The molecule has 2 nitrogen and oxygen atoms in total. The van der Waals surface area contributed by atoms with Gasteiger partial charge in [-0.25, -0.2) is 0 Å². The number of para-hydroxylation sites is 4. The molecule has 1 aliphatic carbocycles. The minimum atomic E-state index is -0.0438. The van der Waals surface area contributed by atoms with Crippen molar-refractivity contribution in [3.05, 3.63) is 151 Å². The quantitative estimate of drug-likeness (QED) is 0.153. The number of hydrogen-bond donors (Lipinski definition) is 1. The molecule has 0 radical (unpaired) electrons. The second-order valence-electron chi connectivity index (χ2n) is 13.1. The molecule has 0 amide bonds. The van der Waals surface area contributed by atoms with Crippen molar-refractivity contribution in [1.82, 2.24) is 4.98 Å². The summed E-state index contributed by atoms with van der Waals surface area (Å²) in [4.78, 5) is 6.16. The normalized spacial score (nSPS) is 15.2. The number of nitrogens with zero attached hydrogens (tertiary/aromatic N) is 1. The van der Waals surface area contributed by atoms with E-state index in [9.17, 15) is 0 Å². The Hall–Kier alpha value is -5.08. The van der Waals surface area contributed by atoms with Gasteiger partial charge in [-0.2, -0.15) is 0 Å². The number of rotatable bonds is 10. The Bertz CT molecular complexity index is 2140. The van der Waals surface area contributed by atoms with E-state index in [0.29, 0.717) is 0 Å². The van der Waals surface area contributed by atoms with Crippen LogP contribution in [0.5, 0.6) is 0 Å². The van der Waals surface area contributed by atoms with Crippen LogP contribution in [0.15, 0.2) is 140 Å². The second-order valence-corrected chi connectivity index (χ2v) is 13.1. The fourth-order valence-electron chi connectivity index (χ4n) is 8.19. The van der Waals surface area contributed by atoms with Crippen molar-refractivity contribution in [1.29, 1.82) is 0 Å². The number of aromatic nitrogens is 1. The van der Waals surface area contributed by atoms with Gasteiger partial charge in [0.1, 0.15) is 0 Å². The molecule has 232 valence electrons. The first-order valence-electron chi connectivity index (χ1n) is 17.4. The minimum Gasteiger partial charge on any atom is -0.354 e. The van der Waals surface area contributed by atoms with Gasteiger partial charge in [0.25, 0.3) is 0 Å². The van der Waals surface area contributed by atoms with Gasteiger partial charge in [-0.05, 0) is 89.2 Å². The molecular formula is C45H42N2. The summed E-state index contributed by atoms with van der Waals surface area (Å²) in [5.41, 5.74) is 14.2. The third-order valence-corrected chi connectivity index (χ3v) is 10.5. The second kappa shape index (κ2) is 12.3. The molecule has 0 saturated carbocycles. The number of benzene rings is 6. The molecule has 0 spiro atoms. The maximum absolute atomic E-state index is 3.76. The molecule has 1 aromatic heterocycles. The first-order valence-corrected chi connectivity index (χ1v) is 17.4. The summed E-state index contributed by atoms with van der Waals surface area (Å²) < 4.78 is 0. The monoisotopic (exact) mass is 610 g/mol. The molecule has 8 rings (SSSR count). The van der Waals surface area contributed by atoms with Gasteiger partial charge < -0.3 is 9.88 Å². The van der Waals surface area contributed by atoms with Gasteiger partial charge >= 0.3 is 0 Å². The summed E-state index contributed by atoms with van der Waals surface area (Å²) in [6.45, 7) is 4.71. The van der Waals surface area contributed by atoms with E-state index in [4.69, 9.17) is 0 Å². The van der Waals surface area contributed by atoms with E-state index in [1.807, 2.05) is 0 Å². The van der Waals surface area contributed by atoms with E-state index in [1.165, 1.54) is 97.9 Å². The number of fused-ring (bicyclic) bond motifs is 6. The van der Waals surface area contributed by atoms with Crippen LogP contribution in [0.25, 0.3) is 44.1 Å². The molecular weight excluding hydrogens is 569 g/mol. The van der Waals surface area contributed by atoms with E-state index >= 15 is 0 Å². The SMILES string of the molecule is CCCCCCC1(CC)c2cc(-c3cccc4c3[nH]c3ccccc34)ccc2-c2ccc(N(c3ccccc3)c3ccccc3)cc21. The number of unbranched alkanes of at least 4 members (excludes halogenated alkanes) is 3. The van der Waals surface area contributed by atoms with Gasteiger partial charge in [0.15, 0.2) is 0 Å². The summed E-state index contributed by atoms with van der Waals surface area (Å²) in [5.74, 6) is 0. The zero-order valence-electron chi connectivity index (χ0n) is 27.5. The standard InChI is InChI=1S/C45H42N2/c1-3-5-6-15-29-45(4-2)41-30-32(36-22-16-23-40-39-21-13-14-24-43(39)46-44(36)40)25-27-37(41)38-28-26-35(31-42(38)45)47(33-17-9-7-10-18-33)34-19-11-8-12-20-34/h7-14,16-28,30-31,46H,3-6,15,29H2,1-2H3. The lowest BCUT2D eigenvalue weighted by Crippen LogP contribution is -2.25. The summed E-state index contributed by atoms with van der Waals surface area (Å²) in [6.07, 6.45) is 7.27. The molecule has 2 heteroatoms. The van der Waals surface area contributed by atoms with E-state index < -0.39 is 0 Å². The number of nitrogens with one attached hydrogen (secondary N) is 1. The molecule has 0 fully saturated rings. The zero-order valence-corrected chi connectivity index (χ0v) is 27.5. The highest BCUT2D eigenvalue weighted by Crippen LogP contribution is 2.56. The Kier molecular flexibility index (Phi) is 7.65. The predicted molar refractivity (Wildman–Crippen MR) is 201 cm³/mol. The van der Waals surface area contributed by atoms with Crippen LogP contribution in [0.1, 0.15) is 63.5 Å². The van der Waals surface area contributed by atoms with Gasteiger partial charge in [-0.3, -0.25) is 0 Å². The van der Waals surface area contributed by atoms with Crippen LogP contribution in [-0.4, -0.2) is 4.98 Å². The van der Waals surface area contributed by atoms with Gasteiger partial charge in [0.2, 0.25) is 0 Å². The van der Waals surface area contributed by atoms with Crippen LogP contribution < -0.4 is 4.90 Å². The van der Waals surface area contributed by atoms with E-state index in [2.05, 4.69) is 163 Å². The lowest BCUT2D eigenvalue weighted by molar-refractivity contribution is 0.437. The molecule has 47 heavy (non-hydrogen) atoms. The van der Waals surface area contributed by atoms with E-state index in [0.717, 1.165) is 12.8 Å². The summed E-state index contributed by atoms with van der Waals surface area (Å²) in [5, 5.41) is 2.57. The van der Waals surface area contributed by atoms with Gasteiger partial charge in [0.05, 0.1) is 5.52 Å². The highest BCUT2D eigenvalue weighted by Gasteiger charge is 2.42. The fourth-order valence-corrected chi connectivity index (χ4v) is 8.19. The molecule has 1 unspecified atom stereocenters. The minimum absolute atomic E-state index is 0.0438. The van der Waals surface area contributed by atoms with Gasteiger partial charge in [0, 0.05) is 44.3 Å². The van der Waals surface area contributed by atoms with Crippen LogP contribution in [0.4, 0.5) is 17.1 Å². The Morgan fingerprint density at radius 1 is 0.532 bits per heavy atom. The van der Waals surface area contributed by atoms with Crippen LogP contribution >= 0.6 is 0 Å². The average Bonchev–Trinajstić information content (AvgIpc) is 3.64. The third kappa shape index (κ3) is 4.95. The highest BCUT2D eigenvalue weighted by atomic mass is 15.1. The number of anilines is 3. The molecule has 0 saturated heterocycles. The summed E-state index contributed by atoms with van der Waals surface area (Å²) in [6, 6.07) is 51.5. The summed E-state index contributed by atoms with van der Waals surface area (Å²) in [7, 11) is 0. The molecule has 6 aromatic carbocycles. The van der Waals surface area contributed by atoms with E-state index in [-0.39, 0.29) is 5.41 Å². The molecule has 1 heterocycles. The topological polar surface area (TPSA) is 19.0 Å². The number of H-pyrrole nitrogens is 1. The Morgan fingerprint density at radius 2 is 1.19 bits per heavy atom. The third-order valence-electron chi connectivity index (χ3n) is 10.5. The van der Waals surface area contributed by atoms with Crippen molar-refractivity contribution in [2.75, 3.05) is 4.90 Å². The lowest BCUT2D eigenvalue weighted by Gasteiger charge is -2.33. The first-order chi connectivity index (χ1) is 23.2. The molecule has 0 bridgehead atoms. The fraction of sp³-hybridized carbons (Fsp3) is 0.200. The molecule has 1 atom stereocenters. The lowest BCUT2D eigenvalue weighted by atomic mass is 9.71. The Morgan fingerprint density at radius 3 is 1.91 bits per heavy atom. The zero-order chi connectivity index (χ0) is 31.8. The van der Waals surface area contributed by atoms with Crippen molar-refractivity contribution in [2.24, 2.45) is 0 Å². The van der Waals surface area contributed by atoms with Crippen molar-refractivity contribution < 1.29 is 0 Å². The van der Waals surface area contributed by atoms with Crippen molar-refractivity contribution in [3.8, 4) is 22.3 Å². The molecule has 1 N–H and O–H groups in total. The van der Waals surface area contributed by atoms with Crippen molar-refractivity contribution in [3.63, 3.8) is 0 Å². The van der Waals surface area contributed by atoms with Crippen molar-refractivity contribution in [2.45, 2.75) is 57.8 Å². The molecule has 0 aliphatic heterocycles. The van der Waals surface area contributed by atoms with E-state index in [1.54, 1.807) is 0 Å². The smallest absolute Gasteiger partial charge is 0.0544 e. The largest absolute Gasteiger partial charge is 0.354 e. The van der Waals surface area contributed by atoms with Gasteiger partial charge in [-0.15, -0.1) is 0 Å². The van der Waals surface area contributed by atoms with Crippen LogP contribution in [0.2, 0.25) is 0 Å². The molecule has 7 aromatic rings. The first kappa shape index (κ1) is 29.3.